The second-order valence-corrected chi connectivity index (χ2v) is 8.25. The molecule has 11 heteroatoms. The van der Waals surface area contributed by atoms with Crippen molar-refractivity contribution < 1.29 is 23.5 Å². The number of halogens is 2. The zero-order valence-electron chi connectivity index (χ0n) is 10.6. The van der Waals surface area contributed by atoms with E-state index in [1.165, 1.54) is 26.0 Å². The Morgan fingerprint density at radius 2 is 1.85 bits per heavy atom. The van der Waals surface area contributed by atoms with Crippen molar-refractivity contribution in [2.45, 2.75) is 31.4 Å². The van der Waals surface area contributed by atoms with Crippen LogP contribution in [-0.2, 0) is 11.1 Å². The molecule has 114 valence electrons. The van der Waals surface area contributed by atoms with Gasteiger partial charge >= 0.3 is 5.00 Å². The number of thiophene rings is 1. The first-order valence-electron chi connectivity index (χ1n) is 5.43. The zero-order chi connectivity index (χ0) is 15.7. The van der Waals surface area contributed by atoms with E-state index < -0.39 is 27.9 Å². The second-order valence-electron chi connectivity index (χ2n) is 4.16. The van der Waals surface area contributed by atoms with Crippen molar-refractivity contribution in [3.63, 3.8) is 0 Å². The molecule has 0 N–H and O–H groups in total. The Morgan fingerprint density at radius 3 is 2.15 bits per heavy atom. The monoisotopic (exact) mass is 361 g/mol. The Bertz CT molecular complexity index is 536. The van der Waals surface area contributed by atoms with E-state index >= 15 is 0 Å². The van der Waals surface area contributed by atoms with Crippen molar-refractivity contribution in [1.29, 1.82) is 0 Å². The van der Waals surface area contributed by atoms with E-state index in [2.05, 4.69) is 0 Å². The molecular weight excluding hydrogens is 350 g/mol. The van der Waals surface area contributed by atoms with Gasteiger partial charge in [-0.2, -0.15) is 0 Å². The third-order valence-electron chi connectivity index (χ3n) is 2.92. The number of quaternary nitrogens is 1. The number of rotatable bonds is 6. The first kappa shape index (κ1) is 17.8. The van der Waals surface area contributed by atoms with Crippen LogP contribution in [-0.4, -0.2) is 20.2 Å². The smallest absolute Gasteiger partial charge is 0.324 e. The summed E-state index contributed by atoms with van der Waals surface area (Å²) in [6.45, 7) is 2.40. The average molecular weight is 362 g/mol. The molecule has 0 radical (unpaired) electrons. The third kappa shape index (κ3) is 3.33. The van der Waals surface area contributed by atoms with Gasteiger partial charge in [0.05, 0.1) is 9.80 Å². The molecule has 0 spiro atoms. The van der Waals surface area contributed by atoms with E-state index in [9.17, 15) is 24.5 Å². The molecule has 1 heterocycles. The highest BCUT2D eigenvalue weighted by Gasteiger charge is 2.42. The van der Waals surface area contributed by atoms with Crippen molar-refractivity contribution in [3.05, 3.63) is 27.1 Å². The Labute approximate surface area is 129 Å². The summed E-state index contributed by atoms with van der Waals surface area (Å²) in [5.74, 6) is 0. The number of hydrogen-bond acceptors (Lipinski definition) is 6. The first-order chi connectivity index (χ1) is 9.02. The molecule has 1 rings (SSSR count). The van der Waals surface area contributed by atoms with Crippen molar-refractivity contribution in [1.82, 2.24) is 0 Å². The number of hydrogen-bond donors (Lipinski definition) is 0. The molecule has 1 aromatic rings. The van der Waals surface area contributed by atoms with Gasteiger partial charge in [0.15, 0.2) is 11.0 Å². The van der Waals surface area contributed by atoms with E-state index in [0.717, 1.165) is 11.3 Å². The SMILES string of the molecule is CC(Cl)[N+](Cc1ccc([N+](=O)[O-])s1)(C(C)Cl)P(=O)([O-])[O-]. The number of nitrogens with zero attached hydrogens (tertiary/aromatic N) is 2. The lowest BCUT2D eigenvalue weighted by molar-refractivity contribution is -0.881. The molecule has 0 amide bonds. The van der Waals surface area contributed by atoms with E-state index in [0.29, 0.717) is 4.88 Å². The van der Waals surface area contributed by atoms with E-state index in [4.69, 9.17) is 23.2 Å². The van der Waals surface area contributed by atoms with Crippen LogP contribution in [0.15, 0.2) is 12.1 Å². The molecule has 0 saturated heterocycles. The molecule has 0 bridgehead atoms. The van der Waals surface area contributed by atoms with Crippen LogP contribution in [0.1, 0.15) is 18.7 Å². The summed E-state index contributed by atoms with van der Waals surface area (Å²) in [4.78, 5) is 33.6. The van der Waals surface area contributed by atoms with Gasteiger partial charge in [-0.1, -0.05) is 34.5 Å². The van der Waals surface area contributed by atoms with Crippen LogP contribution in [0.4, 0.5) is 5.00 Å². The summed E-state index contributed by atoms with van der Waals surface area (Å²) in [5.41, 5.74) is -2.19. The summed E-state index contributed by atoms with van der Waals surface area (Å²) in [6, 6.07) is 2.64. The Morgan fingerprint density at radius 1 is 1.35 bits per heavy atom. The van der Waals surface area contributed by atoms with Crippen LogP contribution in [0.5, 0.6) is 0 Å². The molecule has 0 aromatic carbocycles. The van der Waals surface area contributed by atoms with Gasteiger partial charge in [-0.05, 0) is 6.07 Å². The summed E-state index contributed by atoms with van der Waals surface area (Å²) in [6.07, 6.45) is 0. The van der Waals surface area contributed by atoms with Gasteiger partial charge < -0.3 is 9.79 Å². The molecule has 0 aliphatic carbocycles. The first-order valence-corrected chi connectivity index (χ1v) is 8.62. The van der Waals surface area contributed by atoms with Crippen LogP contribution in [0.2, 0.25) is 0 Å². The van der Waals surface area contributed by atoms with Gasteiger partial charge in [0, 0.05) is 19.9 Å². The predicted octanol–water partition coefficient (Wildman–Crippen LogP) is 1.97. The molecule has 0 aliphatic heterocycles. The molecular formula is C9H12Cl2N2O5PS-. The highest BCUT2D eigenvalue weighted by Crippen LogP contribution is 2.50. The Kier molecular flexibility index (Phi) is 5.60. The molecule has 1 aromatic heterocycles. The minimum Gasteiger partial charge on any atom is -0.765 e. The number of nitro groups is 1. The van der Waals surface area contributed by atoms with Crippen molar-refractivity contribution in [2.75, 3.05) is 0 Å². The van der Waals surface area contributed by atoms with Gasteiger partial charge in [-0.15, -0.1) is 0 Å². The molecule has 7 nitrogen and oxygen atoms in total. The average Bonchev–Trinajstić information content (AvgIpc) is 2.71. The topological polar surface area (TPSA) is 106 Å². The third-order valence-corrected chi connectivity index (χ3v) is 6.66. The maximum atomic E-state index is 11.6. The lowest BCUT2D eigenvalue weighted by Crippen LogP contribution is -2.57. The lowest BCUT2D eigenvalue weighted by atomic mass is 10.4. The Balaban J connectivity index is 3.25. The van der Waals surface area contributed by atoms with Crippen LogP contribution in [0.25, 0.3) is 0 Å². The molecule has 2 atom stereocenters. The maximum absolute atomic E-state index is 11.6. The van der Waals surface area contributed by atoms with E-state index in [-0.39, 0.29) is 11.5 Å². The number of alkyl halides is 2. The quantitative estimate of drug-likeness (QED) is 0.253. The van der Waals surface area contributed by atoms with Crippen molar-refractivity contribution in [2.24, 2.45) is 0 Å². The van der Waals surface area contributed by atoms with E-state index in [1.54, 1.807) is 0 Å². The predicted molar refractivity (Wildman–Crippen MR) is 73.2 cm³/mol. The standard InChI is InChI=1S/C9H13Cl2N2O5PS/c1-6(10)13(7(2)11,19(16,17)18)5-8-3-4-9(20-8)12(14)15/h3-4,6-7H,5H2,1-2H3,(H-,16,17,18)/p-1. The second kappa shape index (κ2) is 6.27. The van der Waals surface area contributed by atoms with Crippen molar-refractivity contribution >= 4 is 47.3 Å². The fourth-order valence-corrected chi connectivity index (χ4v) is 5.08. The summed E-state index contributed by atoms with van der Waals surface area (Å²) in [7, 11) is -5.19. The van der Waals surface area contributed by atoms with Gasteiger partial charge in [0.25, 0.3) is 0 Å². The molecule has 0 fully saturated rings. The minimum absolute atomic E-state index is 0.144. The highest BCUT2D eigenvalue weighted by molar-refractivity contribution is 7.42. The highest BCUT2D eigenvalue weighted by atomic mass is 35.5. The van der Waals surface area contributed by atoms with Gasteiger partial charge in [0.2, 0.25) is 0 Å². The molecule has 2 unspecified atom stereocenters. The minimum atomic E-state index is -5.19. The molecule has 0 saturated carbocycles. The maximum Gasteiger partial charge on any atom is 0.324 e. The van der Waals surface area contributed by atoms with Crippen LogP contribution in [0, 0.1) is 10.1 Å². The van der Waals surface area contributed by atoms with Crippen LogP contribution >= 0.6 is 42.3 Å². The fraction of sp³-hybridized carbons (Fsp3) is 0.556. The summed E-state index contributed by atoms with van der Waals surface area (Å²) in [5, 5.41) is 10.5. The van der Waals surface area contributed by atoms with Crippen LogP contribution < -0.4 is 9.79 Å². The molecule has 20 heavy (non-hydrogen) atoms. The zero-order valence-corrected chi connectivity index (χ0v) is 13.8. The summed E-state index contributed by atoms with van der Waals surface area (Å²) >= 11 is 12.6. The van der Waals surface area contributed by atoms with Gasteiger partial charge in [-0.25, -0.2) is 0 Å². The normalized spacial score (nSPS) is 18.3. The summed E-state index contributed by atoms with van der Waals surface area (Å²) < 4.78 is 10.5. The largest absolute Gasteiger partial charge is 0.765 e. The Hall–Kier alpha value is -0.210. The lowest BCUT2D eigenvalue weighted by Gasteiger charge is -2.54. The van der Waals surface area contributed by atoms with Gasteiger partial charge in [0.1, 0.15) is 14.3 Å². The van der Waals surface area contributed by atoms with E-state index in [1.807, 2.05) is 0 Å². The van der Waals surface area contributed by atoms with Gasteiger partial charge in [-0.3, -0.25) is 18.9 Å². The van der Waals surface area contributed by atoms with Crippen LogP contribution in [0.3, 0.4) is 0 Å². The molecule has 0 aliphatic rings. The fourth-order valence-electron chi connectivity index (χ4n) is 1.81. The van der Waals surface area contributed by atoms with Crippen molar-refractivity contribution in [3.8, 4) is 0 Å².